The summed E-state index contributed by atoms with van der Waals surface area (Å²) in [6.45, 7) is 9.56. The van der Waals surface area contributed by atoms with E-state index >= 15 is 0 Å². The Kier molecular flexibility index (Phi) is 3.13. The quantitative estimate of drug-likeness (QED) is 0.846. The Morgan fingerprint density at radius 1 is 1.31 bits per heavy atom. The molecule has 1 saturated carbocycles. The Bertz CT molecular complexity index is 387. The standard InChI is InChI=1S/C13H21N3/c1-5-11-9(4)12(14-6-2)16-13(15-11)10-7-8(10)3/h8,10H,5-7H2,1-4H3,(H,14,15,16). The van der Waals surface area contributed by atoms with E-state index in [0.29, 0.717) is 5.92 Å². The van der Waals surface area contributed by atoms with Gasteiger partial charge in [0.1, 0.15) is 11.6 Å². The summed E-state index contributed by atoms with van der Waals surface area (Å²) in [7, 11) is 0. The minimum atomic E-state index is 0.600. The lowest BCUT2D eigenvalue weighted by Crippen LogP contribution is -2.09. The number of nitrogens with one attached hydrogen (secondary N) is 1. The molecule has 0 aliphatic heterocycles. The van der Waals surface area contributed by atoms with Gasteiger partial charge in [-0.2, -0.15) is 0 Å². The third-order valence-corrected chi connectivity index (χ3v) is 3.38. The topological polar surface area (TPSA) is 37.8 Å². The van der Waals surface area contributed by atoms with Gasteiger partial charge in [0, 0.05) is 23.7 Å². The fraction of sp³-hybridized carbons (Fsp3) is 0.692. The first-order valence-corrected chi connectivity index (χ1v) is 6.28. The first-order valence-electron chi connectivity index (χ1n) is 6.28. The van der Waals surface area contributed by atoms with Crippen LogP contribution in [0.15, 0.2) is 0 Å². The summed E-state index contributed by atoms with van der Waals surface area (Å²) in [6.07, 6.45) is 2.23. The molecule has 3 nitrogen and oxygen atoms in total. The average molecular weight is 219 g/mol. The summed E-state index contributed by atoms with van der Waals surface area (Å²) in [5.41, 5.74) is 2.40. The molecule has 2 atom stereocenters. The Morgan fingerprint density at radius 2 is 2.00 bits per heavy atom. The van der Waals surface area contributed by atoms with Gasteiger partial charge in [0.2, 0.25) is 0 Å². The van der Waals surface area contributed by atoms with E-state index in [1.807, 2.05) is 0 Å². The van der Waals surface area contributed by atoms with E-state index in [1.54, 1.807) is 0 Å². The van der Waals surface area contributed by atoms with Crippen LogP contribution in [0.4, 0.5) is 5.82 Å². The number of aryl methyl sites for hydroxylation is 1. The fourth-order valence-corrected chi connectivity index (χ4v) is 2.11. The maximum atomic E-state index is 4.69. The van der Waals surface area contributed by atoms with E-state index < -0.39 is 0 Å². The normalized spacial score (nSPS) is 23.2. The number of nitrogens with zero attached hydrogens (tertiary/aromatic N) is 2. The van der Waals surface area contributed by atoms with E-state index in [-0.39, 0.29) is 0 Å². The lowest BCUT2D eigenvalue weighted by atomic mass is 10.1. The van der Waals surface area contributed by atoms with Crippen LogP contribution in [0.1, 0.15) is 50.2 Å². The summed E-state index contributed by atoms with van der Waals surface area (Å²) < 4.78 is 0. The second-order valence-corrected chi connectivity index (χ2v) is 4.71. The molecule has 1 aliphatic rings. The maximum absolute atomic E-state index is 4.69. The molecule has 1 heterocycles. The zero-order chi connectivity index (χ0) is 11.7. The third-order valence-electron chi connectivity index (χ3n) is 3.38. The van der Waals surface area contributed by atoms with Crippen LogP contribution in [0.2, 0.25) is 0 Å². The molecular formula is C13H21N3. The molecule has 3 heteroatoms. The van der Waals surface area contributed by atoms with Gasteiger partial charge in [0.15, 0.2) is 0 Å². The van der Waals surface area contributed by atoms with Crippen LogP contribution in [0.3, 0.4) is 0 Å². The summed E-state index contributed by atoms with van der Waals surface area (Å²) in [5, 5.41) is 3.34. The Balaban J connectivity index is 2.36. The minimum Gasteiger partial charge on any atom is -0.370 e. The van der Waals surface area contributed by atoms with E-state index in [2.05, 4.69) is 38.0 Å². The van der Waals surface area contributed by atoms with Crippen LogP contribution in [0, 0.1) is 12.8 Å². The Morgan fingerprint density at radius 3 is 2.50 bits per heavy atom. The van der Waals surface area contributed by atoms with Gasteiger partial charge in [-0.1, -0.05) is 13.8 Å². The van der Waals surface area contributed by atoms with Crippen LogP contribution in [-0.4, -0.2) is 16.5 Å². The highest BCUT2D eigenvalue weighted by Crippen LogP contribution is 2.45. The molecule has 1 aliphatic carbocycles. The minimum absolute atomic E-state index is 0.600. The number of aromatic nitrogens is 2. The smallest absolute Gasteiger partial charge is 0.134 e. The van der Waals surface area contributed by atoms with Gasteiger partial charge < -0.3 is 5.32 Å². The van der Waals surface area contributed by atoms with Crippen LogP contribution < -0.4 is 5.32 Å². The van der Waals surface area contributed by atoms with Crippen molar-refractivity contribution in [3.05, 3.63) is 17.1 Å². The highest BCUT2D eigenvalue weighted by molar-refractivity contribution is 5.46. The van der Waals surface area contributed by atoms with Crippen molar-refractivity contribution >= 4 is 5.82 Å². The van der Waals surface area contributed by atoms with Crippen molar-refractivity contribution < 1.29 is 0 Å². The van der Waals surface area contributed by atoms with Gasteiger partial charge in [-0.15, -0.1) is 0 Å². The van der Waals surface area contributed by atoms with Gasteiger partial charge in [0.25, 0.3) is 0 Å². The summed E-state index contributed by atoms with van der Waals surface area (Å²) in [6, 6.07) is 0. The molecule has 0 spiro atoms. The zero-order valence-electron chi connectivity index (χ0n) is 10.7. The second-order valence-electron chi connectivity index (χ2n) is 4.71. The van der Waals surface area contributed by atoms with Crippen LogP contribution in [0.5, 0.6) is 0 Å². The number of hydrogen-bond donors (Lipinski definition) is 1. The van der Waals surface area contributed by atoms with E-state index in [0.717, 1.165) is 30.5 Å². The van der Waals surface area contributed by atoms with Crippen LogP contribution in [0.25, 0.3) is 0 Å². The summed E-state index contributed by atoms with van der Waals surface area (Å²) in [5.74, 6) is 3.44. The number of anilines is 1. The molecule has 0 aromatic carbocycles. The van der Waals surface area contributed by atoms with Crippen molar-refractivity contribution in [1.82, 2.24) is 9.97 Å². The van der Waals surface area contributed by atoms with Crippen molar-refractivity contribution in [1.29, 1.82) is 0 Å². The first kappa shape index (κ1) is 11.4. The predicted octanol–water partition coefficient (Wildman–Crippen LogP) is 2.90. The predicted molar refractivity (Wildman–Crippen MR) is 66.8 cm³/mol. The Hall–Kier alpha value is -1.12. The van der Waals surface area contributed by atoms with Crippen molar-refractivity contribution in [3.63, 3.8) is 0 Å². The largest absolute Gasteiger partial charge is 0.370 e. The van der Waals surface area contributed by atoms with Crippen LogP contribution >= 0.6 is 0 Å². The van der Waals surface area contributed by atoms with Crippen molar-refractivity contribution in [3.8, 4) is 0 Å². The molecule has 16 heavy (non-hydrogen) atoms. The van der Waals surface area contributed by atoms with E-state index in [9.17, 15) is 0 Å². The summed E-state index contributed by atoms with van der Waals surface area (Å²) >= 11 is 0. The second kappa shape index (κ2) is 4.40. The van der Waals surface area contributed by atoms with Gasteiger partial charge >= 0.3 is 0 Å². The SMILES string of the molecule is CCNc1nc(C2CC2C)nc(CC)c1C. The highest BCUT2D eigenvalue weighted by Gasteiger charge is 2.37. The highest BCUT2D eigenvalue weighted by atomic mass is 15.0. The molecule has 88 valence electrons. The van der Waals surface area contributed by atoms with Crippen molar-refractivity contribution in [2.45, 2.75) is 46.5 Å². The van der Waals surface area contributed by atoms with Crippen molar-refractivity contribution in [2.75, 3.05) is 11.9 Å². The van der Waals surface area contributed by atoms with Gasteiger partial charge in [-0.05, 0) is 32.6 Å². The molecule has 1 N–H and O–H groups in total. The molecule has 1 fully saturated rings. The molecule has 1 aromatic rings. The van der Waals surface area contributed by atoms with Gasteiger partial charge in [0.05, 0.1) is 0 Å². The Labute approximate surface area is 97.7 Å². The average Bonchev–Trinajstić information content (AvgIpc) is 2.99. The van der Waals surface area contributed by atoms with Crippen LogP contribution in [-0.2, 0) is 6.42 Å². The fourth-order valence-electron chi connectivity index (χ4n) is 2.11. The maximum Gasteiger partial charge on any atom is 0.134 e. The zero-order valence-corrected chi connectivity index (χ0v) is 10.7. The number of rotatable bonds is 4. The van der Waals surface area contributed by atoms with E-state index in [4.69, 9.17) is 4.98 Å². The van der Waals surface area contributed by atoms with E-state index in [1.165, 1.54) is 17.7 Å². The molecule has 0 amide bonds. The molecule has 0 saturated heterocycles. The summed E-state index contributed by atoms with van der Waals surface area (Å²) in [4.78, 5) is 9.36. The molecule has 0 radical (unpaired) electrons. The molecule has 2 rings (SSSR count). The lowest BCUT2D eigenvalue weighted by molar-refractivity contribution is 0.814. The first-order chi connectivity index (χ1) is 7.67. The molecule has 0 bridgehead atoms. The van der Waals surface area contributed by atoms with Gasteiger partial charge in [-0.3, -0.25) is 0 Å². The molecule has 2 unspecified atom stereocenters. The number of hydrogen-bond acceptors (Lipinski definition) is 3. The molecular weight excluding hydrogens is 198 g/mol. The van der Waals surface area contributed by atoms with Gasteiger partial charge in [-0.25, -0.2) is 9.97 Å². The molecule has 1 aromatic heterocycles. The third kappa shape index (κ3) is 2.04. The lowest BCUT2D eigenvalue weighted by Gasteiger charge is -2.12. The van der Waals surface area contributed by atoms with Crippen molar-refractivity contribution in [2.24, 2.45) is 5.92 Å². The monoisotopic (exact) mass is 219 g/mol.